The zero-order chi connectivity index (χ0) is 22.8. The van der Waals surface area contributed by atoms with Crippen molar-refractivity contribution in [3.63, 3.8) is 0 Å². The molecule has 1 nitrogen and oxygen atoms in total. The van der Waals surface area contributed by atoms with Crippen LogP contribution in [0, 0.1) is 5.92 Å². The predicted molar refractivity (Wildman–Crippen MR) is 140 cm³/mol. The van der Waals surface area contributed by atoms with Crippen LogP contribution in [0.5, 0.6) is 0 Å². The summed E-state index contributed by atoms with van der Waals surface area (Å²) in [5, 5.41) is 0. The lowest BCUT2D eigenvalue weighted by molar-refractivity contribution is 0.319. The third-order valence-corrected chi connectivity index (χ3v) is 6.65. The maximum atomic E-state index is 2.47. The highest BCUT2D eigenvalue weighted by atomic mass is 15.1. The smallest absolute Gasteiger partial charge is 0.0240 e. The van der Waals surface area contributed by atoms with Crippen LogP contribution in [0.2, 0.25) is 0 Å². The summed E-state index contributed by atoms with van der Waals surface area (Å²) in [7, 11) is 2.24. The van der Waals surface area contributed by atoms with Gasteiger partial charge in [0.2, 0.25) is 0 Å². The Morgan fingerprint density at radius 3 is 2.18 bits per heavy atom. The summed E-state index contributed by atoms with van der Waals surface area (Å²) in [4.78, 5) is 2.45. The molecule has 33 heavy (non-hydrogen) atoms. The van der Waals surface area contributed by atoms with Gasteiger partial charge in [-0.05, 0) is 75.9 Å². The van der Waals surface area contributed by atoms with Gasteiger partial charge in [-0.3, -0.25) is 4.90 Å². The fourth-order valence-electron chi connectivity index (χ4n) is 5.36. The standard InChI is InChI=1S/C32H33N/c1-23(2)17-28-18-24(19-29-20-26-13-7-10-16-31(26)32(28)29)21-33(3)22-27-14-8-9-15-30(27)25-11-5-4-6-12-25/h4-16,18-19,23H,17,20-22H2,1-3H3. The first kappa shape index (κ1) is 21.7. The topological polar surface area (TPSA) is 3.24 Å². The molecule has 0 unspecified atom stereocenters. The molecule has 4 aromatic rings. The van der Waals surface area contributed by atoms with Crippen molar-refractivity contribution in [3.8, 4) is 22.3 Å². The molecule has 0 saturated heterocycles. The van der Waals surface area contributed by atoms with Crippen LogP contribution >= 0.6 is 0 Å². The van der Waals surface area contributed by atoms with E-state index < -0.39 is 0 Å². The quantitative estimate of drug-likeness (QED) is 0.254. The van der Waals surface area contributed by atoms with Crippen molar-refractivity contribution in [2.45, 2.75) is 39.8 Å². The molecule has 0 radical (unpaired) electrons. The number of rotatable bonds is 7. The van der Waals surface area contributed by atoms with E-state index in [2.05, 4.69) is 117 Å². The summed E-state index contributed by atoms with van der Waals surface area (Å²) in [5.41, 5.74) is 12.9. The Balaban J connectivity index is 1.41. The van der Waals surface area contributed by atoms with Crippen molar-refractivity contribution in [1.29, 1.82) is 0 Å². The second-order valence-corrected chi connectivity index (χ2v) is 9.92. The molecular formula is C32H33N. The summed E-state index contributed by atoms with van der Waals surface area (Å²) in [6.45, 7) is 6.54. The third-order valence-electron chi connectivity index (χ3n) is 6.65. The van der Waals surface area contributed by atoms with E-state index in [-0.39, 0.29) is 0 Å². The van der Waals surface area contributed by atoms with E-state index in [4.69, 9.17) is 0 Å². The SMILES string of the molecule is CC(C)Cc1cc(CN(C)Cc2ccccc2-c2ccccc2)cc2c1-c1ccccc1C2. The zero-order valence-electron chi connectivity index (χ0n) is 20.0. The highest BCUT2D eigenvalue weighted by Crippen LogP contribution is 2.40. The summed E-state index contributed by atoms with van der Waals surface area (Å²) in [6.07, 6.45) is 2.19. The van der Waals surface area contributed by atoms with Crippen molar-refractivity contribution in [2.75, 3.05) is 7.05 Å². The Morgan fingerprint density at radius 2 is 1.39 bits per heavy atom. The minimum absolute atomic E-state index is 0.646. The van der Waals surface area contributed by atoms with Gasteiger partial charge in [-0.25, -0.2) is 0 Å². The first-order valence-corrected chi connectivity index (χ1v) is 12.1. The normalized spacial score (nSPS) is 12.3. The van der Waals surface area contributed by atoms with Crippen LogP contribution in [0.1, 0.15) is 41.7 Å². The van der Waals surface area contributed by atoms with Crippen LogP contribution in [0.15, 0.2) is 91.0 Å². The monoisotopic (exact) mass is 431 g/mol. The Labute approximate surface area is 198 Å². The molecule has 0 N–H and O–H groups in total. The highest BCUT2D eigenvalue weighted by Gasteiger charge is 2.22. The van der Waals surface area contributed by atoms with Gasteiger partial charge in [0.15, 0.2) is 0 Å². The van der Waals surface area contributed by atoms with E-state index in [0.717, 1.165) is 25.9 Å². The maximum absolute atomic E-state index is 2.47. The Bertz CT molecular complexity index is 1250. The second-order valence-electron chi connectivity index (χ2n) is 9.92. The Kier molecular flexibility index (Phi) is 6.15. The van der Waals surface area contributed by atoms with E-state index in [0.29, 0.717) is 5.92 Å². The molecular weight excluding hydrogens is 398 g/mol. The van der Waals surface area contributed by atoms with Gasteiger partial charge in [0.1, 0.15) is 0 Å². The Hall–Kier alpha value is -3.16. The lowest BCUT2D eigenvalue weighted by Gasteiger charge is -2.21. The van der Waals surface area contributed by atoms with Crippen molar-refractivity contribution < 1.29 is 0 Å². The van der Waals surface area contributed by atoms with Gasteiger partial charge in [0.05, 0.1) is 0 Å². The molecule has 0 bridgehead atoms. The molecule has 1 heteroatoms. The molecule has 4 aromatic carbocycles. The van der Waals surface area contributed by atoms with Crippen molar-refractivity contribution in [2.24, 2.45) is 5.92 Å². The zero-order valence-corrected chi connectivity index (χ0v) is 20.0. The fraction of sp³-hybridized carbons (Fsp3) is 0.250. The largest absolute Gasteiger partial charge is 0.298 e. The van der Waals surface area contributed by atoms with E-state index >= 15 is 0 Å². The number of benzene rings is 4. The number of hydrogen-bond acceptors (Lipinski definition) is 1. The number of hydrogen-bond donors (Lipinski definition) is 0. The van der Waals surface area contributed by atoms with Crippen LogP contribution in [-0.2, 0) is 25.9 Å². The van der Waals surface area contributed by atoms with Crippen LogP contribution in [0.3, 0.4) is 0 Å². The first-order chi connectivity index (χ1) is 16.1. The van der Waals surface area contributed by atoms with Gasteiger partial charge >= 0.3 is 0 Å². The molecule has 166 valence electrons. The number of fused-ring (bicyclic) bond motifs is 3. The van der Waals surface area contributed by atoms with Crippen LogP contribution in [-0.4, -0.2) is 11.9 Å². The van der Waals surface area contributed by atoms with Gasteiger partial charge in [-0.15, -0.1) is 0 Å². The molecule has 5 rings (SSSR count). The summed E-state index contributed by atoms with van der Waals surface area (Å²) in [5.74, 6) is 0.646. The fourth-order valence-corrected chi connectivity index (χ4v) is 5.36. The van der Waals surface area contributed by atoms with E-state index in [1.165, 1.54) is 50.1 Å². The summed E-state index contributed by atoms with van der Waals surface area (Å²) >= 11 is 0. The molecule has 0 aliphatic heterocycles. The second kappa shape index (κ2) is 9.37. The first-order valence-electron chi connectivity index (χ1n) is 12.1. The number of nitrogens with zero attached hydrogens (tertiary/aromatic N) is 1. The summed E-state index contributed by atoms with van der Waals surface area (Å²) in [6, 6.07) is 33.4. The molecule has 1 aliphatic rings. The summed E-state index contributed by atoms with van der Waals surface area (Å²) < 4.78 is 0. The maximum Gasteiger partial charge on any atom is 0.0240 e. The van der Waals surface area contributed by atoms with Crippen molar-refractivity contribution >= 4 is 0 Å². The van der Waals surface area contributed by atoms with Crippen molar-refractivity contribution in [1.82, 2.24) is 4.90 Å². The Morgan fingerprint density at radius 1 is 0.697 bits per heavy atom. The predicted octanol–water partition coefficient (Wildman–Crippen LogP) is 7.76. The molecule has 1 aliphatic carbocycles. The van der Waals surface area contributed by atoms with Gasteiger partial charge in [-0.1, -0.05) is 105 Å². The lowest BCUT2D eigenvalue weighted by Crippen LogP contribution is -2.18. The van der Waals surface area contributed by atoms with Gasteiger partial charge in [0.25, 0.3) is 0 Å². The van der Waals surface area contributed by atoms with E-state index in [1.54, 1.807) is 0 Å². The molecule has 0 heterocycles. The van der Waals surface area contributed by atoms with Gasteiger partial charge in [-0.2, -0.15) is 0 Å². The third kappa shape index (κ3) is 4.65. The molecule has 0 fully saturated rings. The van der Waals surface area contributed by atoms with E-state index in [1.807, 2.05) is 0 Å². The average Bonchev–Trinajstić information content (AvgIpc) is 3.18. The van der Waals surface area contributed by atoms with Gasteiger partial charge < -0.3 is 0 Å². The lowest BCUT2D eigenvalue weighted by atomic mass is 9.91. The molecule has 0 aromatic heterocycles. The van der Waals surface area contributed by atoms with Crippen LogP contribution in [0.4, 0.5) is 0 Å². The molecule has 0 amide bonds. The minimum Gasteiger partial charge on any atom is -0.298 e. The van der Waals surface area contributed by atoms with E-state index in [9.17, 15) is 0 Å². The molecule has 0 saturated carbocycles. The minimum atomic E-state index is 0.646. The van der Waals surface area contributed by atoms with Gasteiger partial charge in [0, 0.05) is 13.1 Å². The van der Waals surface area contributed by atoms with Crippen LogP contribution in [0.25, 0.3) is 22.3 Å². The average molecular weight is 432 g/mol. The van der Waals surface area contributed by atoms with Crippen LogP contribution < -0.4 is 0 Å². The molecule has 0 atom stereocenters. The van der Waals surface area contributed by atoms with Crippen molar-refractivity contribution in [3.05, 3.63) is 119 Å². The molecule has 0 spiro atoms. The highest BCUT2D eigenvalue weighted by molar-refractivity contribution is 5.80.